The highest BCUT2D eigenvalue weighted by Crippen LogP contribution is 2.58. The van der Waals surface area contributed by atoms with Crippen LogP contribution in [0.1, 0.15) is 45.2 Å². The second-order valence-electron chi connectivity index (χ2n) is 8.52. The highest BCUT2D eigenvalue weighted by molar-refractivity contribution is 5.97. The lowest BCUT2D eigenvalue weighted by Gasteiger charge is -2.51. The number of hydrogen-bond acceptors (Lipinski definition) is 6. The molecule has 0 saturated carbocycles. The zero-order valence-electron chi connectivity index (χ0n) is 18.9. The number of hydrogen-bond donors (Lipinski definition) is 0. The van der Waals surface area contributed by atoms with Gasteiger partial charge < -0.3 is 19.1 Å². The highest BCUT2D eigenvalue weighted by atomic mass is 16.6. The Morgan fingerprint density at radius 2 is 1.68 bits per heavy atom. The molecule has 31 heavy (non-hydrogen) atoms. The molecule has 1 amide bonds. The quantitative estimate of drug-likeness (QED) is 0.516. The fourth-order valence-electron chi connectivity index (χ4n) is 5.01. The third kappa shape index (κ3) is 3.45. The molecule has 0 radical (unpaired) electrons. The summed E-state index contributed by atoms with van der Waals surface area (Å²) in [7, 11) is 4.36. The number of carbonyl (C=O) groups excluding carboxylic acids is 1. The molecule has 8 nitrogen and oxygen atoms in total. The lowest BCUT2D eigenvalue weighted by Crippen LogP contribution is -2.55. The topological polar surface area (TPSA) is 91.1 Å². The van der Waals surface area contributed by atoms with Crippen molar-refractivity contribution in [1.82, 2.24) is 0 Å². The van der Waals surface area contributed by atoms with E-state index >= 15 is 0 Å². The summed E-state index contributed by atoms with van der Waals surface area (Å²) in [5.74, 6) is 0.683. The molecule has 3 rings (SSSR count). The van der Waals surface area contributed by atoms with Crippen molar-refractivity contribution in [3.63, 3.8) is 0 Å². The van der Waals surface area contributed by atoms with Gasteiger partial charge in [-0.3, -0.25) is 14.9 Å². The number of nitro benzene ring substituents is 1. The maximum absolute atomic E-state index is 12.7. The Kier molecular flexibility index (Phi) is 5.60. The van der Waals surface area contributed by atoms with E-state index in [9.17, 15) is 14.9 Å². The molecule has 166 valence electrons. The zero-order valence-corrected chi connectivity index (χ0v) is 18.9. The van der Waals surface area contributed by atoms with Crippen LogP contribution in [0, 0.1) is 10.1 Å². The first-order chi connectivity index (χ1) is 14.5. The van der Waals surface area contributed by atoms with E-state index in [-0.39, 0.29) is 23.1 Å². The van der Waals surface area contributed by atoms with Crippen LogP contribution in [0.15, 0.2) is 30.3 Å². The molecule has 0 bridgehead atoms. The van der Waals surface area contributed by atoms with Gasteiger partial charge in [0.05, 0.1) is 31.9 Å². The van der Waals surface area contributed by atoms with E-state index in [1.54, 1.807) is 18.1 Å². The number of fused-ring (bicyclic) bond motifs is 1. The molecule has 1 heterocycles. The number of anilines is 1. The molecule has 0 N–H and O–H groups in total. The van der Waals surface area contributed by atoms with Crippen molar-refractivity contribution in [3.05, 3.63) is 51.6 Å². The van der Waals surface area contributed by atoms with E-state index in [1.807, 2.05) is 45.0 Å². The van der Waals surface area contributed by atoms with Crippen molar-refractivity contribution in [2.75, 3.05) is 26.2 Å². The third-order valence-corrected chi connectivity index (χ3v) is 6.03. The van der Waals surface area contributed by atoms with E-state index in [2.05, 4.69) is 0 Å². The highest BCUT2D eigenvalue weighted by Gasteiger charge is 2.51. The van der Waals surface area contributed by atoms with Gasteiger partial charge in [-0.25, -0.2) is 0 Å². The number of ether oxygens (including phenoxy) is 3. The standard InChI is InChI=1S/C23H28N2O6/c1-14(26)24-17-12-18(30-6)20(25(27)28)21(31-7)19(17)23(4,13-22(24,2)3)15-8-10-16(29-5)11-9-15/h8-12H,13H2,1-7H3. The van der Waals surface area contributed by atoms with Gasteiger partial charge in [0.1, 0.15) is 5.75 Å². The largest absolute Gasteiger partial charge is 0.497 e. The van der Waals surface area contributed by atoms with Gasteiger partial charge in [0.25, 0.3) is 0 Å². The molecular formula is C23H28N2O6. The maximum Gasteiger partial charge on any atom is 0.352 e. The van der Waals surface area contributed by atoms with E-state index in [0.717, 1.165) is 5.56 Å². The molecule has 1 aliphatic heterocycles. The molecule has 1 atom stereocenters. The van der Waals surface area contributed by atoms with Crippen LogP contribution < -0.4 is 19.1 Å². The Morgan fingerprint density at radius 1 is 1.06 bits per heavy atom. The van der Waals surface area contributed by atoms with Gasteiger partial charge in [-0.05, 0) is 38.0 Å². The zero-order chi connectivity index (χ0) is 23.1. The van der Waals surface area contributed by atoms with Crippen LogP contribution in [0.5, 0.6) is 17.2 Å². The van der Waals surface area contributed by atoms with Gasteiger partial charge in [-0.15, -0.1) is 0 Å². The van der Waals surface area contributed by atoms with Crippen LogP contribution >= 0.6 is 0 Å². The summed E-state index contributed by atoms with van der Waals surface area (Å²) in [5.41, 5.74) is 0.554. The second-order valence-corrected chi connectivity index (χ2v) is 8.52. The lowest BCUT2D eigenvalue weighted by molar-refractivity contribution is -0.386. The number of carbonyl (C=O) groups is 1. The van der Waals surface area contributed by atoms with Gasteiger partial charge in [0, 0.05) is 29.5 Å². The van der Waals surface area contributed by atoms with Gasteiger partial charge in [0.15, 0.2) is 0 Å². The molecule has 0 aliphatic carbocycles. The molecule has 0 spiro atoms. The van der Waals surface area contributed by atoms with E-state index in [4.69, 9.17) is 14.2 Å². The number of nitrogens with zero attached hydrogens (tertiary/aromatic N) is 2. The van der Waals surface area contributed by atoms with Gasteiger partial charge in [0.2, 0.25) is 17.4 Å². The molecule has 8 heteroatoms. The average Bonchev–Trinajstić information content (AvgIpc) is 2.70. The summed E-state index contributed by atoms with van der Waals surface area (Å²) in [6, 6.07) is 9.17. The van der Waals surface area contributed by atoms with E-state index in [0.29, 0.717) is 23.4 Å². The minimum atomic E-state index is -0.681. The average molecular weight is 428 g/mol. The van der Waals surface area contributed by atoms with Crippen LogP contribution in [0.3, 0.4) is 0 Å². The van der Waals surface area contributed by atoms with Crippen molar-refractivity contribution in [2.24, 2.45) is 0 Å². The first kappa shape index (κ1) is 22.4. The van der Waals surface area contributed by atoms with Crippen LogP contribution in [-0.2, 0) is 10.2 Å². The minimum Gasteiger partial charge on any atom is -0.497 e. The molecule has 1 aliphatic rings. The molecule has 0 aromatic heterocycles. The predicted molar refractivity (Wildman–Crippen MR) is 118 cm³/mol. The van der Waals surface area contributed by atoms with Crippen molar-refractivity contribution >= 4 is 17.3 Å². The number of benzene rings is 2. The smallest absolute Gasteiger partial charge is 0.352 e. The van der Waals surface area contributed by atoms with Crippen molar-refractivity contribution in [2.45, 2.75) is 45.1 Å². The summed E-state index contributed by atoms with van der Waals surface area (Å²) in [6.45, 7) is 7.48. The predicted octanol–water partition coefficient (Wildman–Crippen LogP) is 4.46. The summed E-state index contributed by atoms with van der Waals surface area (Å²) in [4.78, 5) is 25.8. The number of amides is 1. The SMILES string of the molecule is COc1ccc(C2(C)CC(C)(C)N(C(C)=O)c3cc(OC)c([N+](=O)[O-])c(OC)c32)cc1. The fraction of sp³-hybridized carbons (Fsp3) is 0.435. The van der Waals surface area contributed by atoms with Crippen LogP contribution in [0.25, 0.3) is 0 Å². The number of rotatable bonds is 5. The number of nitro groups is 1. The van der Waals surface area contributed by atoms with E-state index in [1.165, 1.54) is 21.1 Å². The first-order valence-corrected chi connectivity index (χ1v) is 9.91. The molecule has 2 aromatic carbocycles. The first-order valence-electron chi connectivity index (χ1n) is 9.91. The summed E-state index contributed by atoms with van der Waals surface area (Å²) < 4.78 is 16.3. The Labute approximate surface area is 181 Å². The van der Waals surface area contributed by atoms with Crippen LogP contribution in [-0.4, -0.2) is 37.7 Å². The van der Waals surface area contributed by atoms with Gasteiger partial charge >= 0.3 is 5.69 Å². The Hall–Kier alpha value is -3.29. The monoisotopic (exact) mass is 428 g/mol. The van der Waals surface area contributed by atoms with E-state index < -0.39 is 15.9 Å². The summed E-state index contributed by atoms with van der Waals surface area (Å²) >= 11 is 0. The molecule has 1 unspecified atom stereocenters. The normalized spacial score (nSPS) is 19.4. The maximum atomic E-state index is 12.7. The van der Waals surface area contributed by atoms with Crippen molar-refractivity contribution < 1.29 is 23.9 Å². The fourth-order valence-corrected chi connectivity index (χ4v) is 5.01. The molecule has 2 aromatic rings. The molecule has 0 fully saturated rings. The molecule has 0 saturated heterocycles. The van der Waals surface area contributed by atoms with Crippen molar-refractivity contribution in [1.29, 1.82) is 0 Å². The Balaban J connectivity index is 2.47. The summed E-state index contributed by atoms with van der Waals surface area (Å²) in [6.07, 6.45) is 0.527. The number of methoxy groups -OCH3 is 3. The second kappa shape index (κ2) is 7.76. The minimum absolute atomic E-state index is 0.0432. The molecular weight excluding hydrogens is 400 g/mol. The summed E-state index contributed by atoms with van der Waals surface area (Å²) in [5, 5.41) is 12.0. The van der Waals surface area contributed by atoms with Crippen LogP contribution in [0.2, 0.25) is 0 Å². The van der Waals surface area contributed by atoms with Crippen LogP contribution in [0.4, 0.5) is 11.4 Å². The lowest BCUT2D eigenvalue weighted by atomic mass is 9.64. The van der Waals surface area contributed by atoms with Gasteiger partial charge in [-0.1, -0.05) is 19.1 Å². The van der Waals surface area contributed by atoms with Gasteiger partial charge in [-0.2, -0.15) is 0 Å². The Morgan fingerprint density at radius 3 is 2.13 bits per heavy atom. The third-order valence-electron chi connectivity index (χ3n) is 6.03. The van der Waals surface area contributed by atoms with Crippen molar-refractivity contribution in [3.8, 4) is 17.2 Å². The Bertz CT molecular complexity index is 1030.